The highest BCUT2D eigenvalue weighted by Gasteiger charge is 2.74. The lowest BCUT2D eigenvalue weighted by Gasteiger charge is -2.71. The second kappa shape index (κ2) is 6.57. The SMILES string of the molecule is Cc1c(C)c(C)c(C2(N(C)C)C(=O)C(C)(C)C(C)(C)C(C)(C)C2(C)C)c(Cl)c1C. The van der Waals surface area contributed by atoms with Gasteiger partial charge in [0.05, 0.1) is 0 Å². The normalized spacial score (nSPS) is 27.4. The van der Waals surface area contributed by atoms with Crippen molar-refractivity contribution in [1.29, 1.82) is 0 Å². The highest BCUT2D eigenvalue weighted by molar-refractivity contribution is 6.33. The van der Waals surface area contributed by atoms with E-state index in [1.54, 1.807) is 0 Å². The summed E-state index contributed by atoms with van der Waals surface area (Å²) in [4.78, 5) is 16.8. The van der Waals surface area contributed by atoms with Gasteiger partial charge in [-0.15, -0.1) is 0 Å². The van der Waals surface area contributed by atoms with E-state index in [-0.39, 0.29) is 22.0 Å². The zero-order chi connectivity index (χ0) is 23.1. The maximum atomic E-state index is 14.6. The van der Waals surface area contributed by atoms with Crippen LogP contribution in [-0.4, -0.2) is 24.8 Å². The summed E-state index contributed by atoms with van der Waals surface area (Å²) >= 11 is 7.11. The average Bonchev–Trinajstić information content (AvgIpc) is 2.59. The molecule has 1 aliphatic carbocycles. The third kappa shape index (κ3) is 2.48. The van der Waals surface area contributed by atoms with Gasteiger partial charge >= 0.3 is 0 Å². The van der Waals surface area contributed by atoms with Crippen LogP contribution in [0.2, 0.25) is 5.02 Å². The highest BCUT2D eigenvalue weighted by Crippen LogP contribution is 2.71. The summed E-state index contributed by atoms with van der Waals surface area (Å²) < 4.78 is 0. The zero-order valence-corrected chi connectivity index (χ0v) is 22.0. The van der Waals surface area contributed by atoms with Crippen LogP contribution in [0.3, 0.4) is 0 Å². The predicted molar refractivity (Wildman–Crippen MR) is 126 cm³/mol. The lowest BCUT2D eigenvalue weighted by Crippen LogP contribution is -2.75. The van der Waals surface area contributed by atoms with Crippen molar-refractivity contribution in [1.82, 2.24) is 4.90 Å². The molecule has 0 N–H and O–H groups in total. The van der Waals surface area contributed by atoms with Crippen molar-refractivity contribution < 1.29 is 4.79 Å². The summed E-state index contributed by atoms with van der Waals surface area (Å²) in [5.41, 5.74) is 3.57. The molecule has 1 aromatic rings. The van der Waals surface area contributed by atoms with Gasteiger partial charge in [-0.2, -0.15) is 0 Å². The van der Waals surface area contributed by atoms with Gasteiger partial charge in [0, 0.05) is 21.4 Å². The van der Waals surface area contributed by atoms with Gasteiger partial charge in [-0.1, -0.05) is 67.0 Å². The van der Waals surface area contributed by atoms with Crippen LogP contribution in [0.15, 0.2) is 0 Å². The third-order valence-corrected chi connectivity index (χ3v) is 10.6. The number of carbonyl (C=O) groups is 1. The van der Waals surface area contributed by atoms with E-state index in [2.05, 4.69) is 88.0 Å². The molecule has 2 nitrogen and oxygen atoms in total. The molecule has 29 heavy (non-hydrogen) atoms. The van der Waals surface area contributed by atoms with Gasteiger partial charge < -0.3 is 0 Å². The molecule has 0 bridgehead atoms. The number of hydrogen-bond acceptors (Lipinski definition) is 2. The fourth-order valence-corrected chi connectivity index (χ4v) is 6.56. The lowest BCUT2D eigenvalue weighted by molar-refractivity contribution is -0.215. The van der Waals surface area contributed by atoms with Crippen molar-refractivity contribution in [2.75, 3.05) is 14.1 Å². The van der Waals surface area contributed by atoms with Crippen LogP contribution in [0.4, 0.5) is 0 Å². The minimum atomic E-state index is -0.833. The van der Waals surface area contributed by atoms with E-state index in [1.807, 2.05) is 14.1 Å². The summed E-state index contributed by atoms with van der Waals surface area (Å²) in [6.07, 6.45) is 0. The van der Waals surface area contributed by atoms with Gasteiger partial charge in [-0.05, 0) is 74.9 Å². The molecule has 0 spiro atoms. The molecule has 1 unspecified atom stereocenters. The Labute approximate surface area is 184 Å². The average molecular weight is 420 g/mol. The molecule has 164 valence electrons. The van der Waals surface area contributed by atoms with E-state index < -0.39 is 11.0 Å². The number of ketones is 1. The Hall–Kier alpha value is -0.860. The van der Waals surface area contributed by atoms with E-state index in [0.717, 1.165) is 21.7 Å². The van der Waals surface area contributed by atoms with Crippen LogP contribution in [0.1, 0.15) is 83.2 Å². The van der Waals surface area contributed by atoms with Crippen LogP contribution in [0.25, 0.3) is 0 Å². The van der Waals surface area contributed by atoms with Crippen molar-refractivity contribution in [2.24, 2.45) is 21.7 Å². The Bertz CT molecular complexity index is 844. The van der Waals surface area contributed by atoms with Crippen LogP contribution >= 0.6 is 11.6 Å². The Morgan fingerprint density at radius 1 is 0.655 bits per heavy atom. The molecule has 0 aliphatic heterocycles. The Kier molecular flexibility index (Phi) is 5.53. The highest BCUT2D eigenvalue weighted by atomic mass is 35.5. The molecule has 0 amide bonds. The van der Waals surface area contributed by atoms with Crippen LogP contribution < -0.4 is 0 Å². The zero-order valence-electron chi connectivity index (χ0n) is 21.2. The standard InChI is InChI=1S/C26H42ClNO/c1-15-16(2)18(4)20(27)19(17(15)3)26(28(13)14)21(29)22(5,6)23(7,8)24(9,10)25(26,11)12/h1-14H3. The summed E-state index contributed by atoms with van der Waals surface area (Å²) in [5.74, 6) is 0.261. The molecule has 2 rings (SSSR count). The number of hydrogen-bond donors (Lipinski definition) is 0. The fraction of sp³-hybridized carbons (Fsp3) is 0.731. The molecule has 3 heteroatoms. The number of rotatable bonds is 2. The van der Waals surface area contributed by atoms with E-state index in [4.69, 9.17) is 11.6 Å². The number of carbonyl (C=O) groups excluding carboxylic acids is 1. The third-order valence-electron chi connectivity index (χ3n) is 10.1. The number of Topliss-reactive ketones (excluding diaryl/α,β-unsaturated/α-hetero) is 1. The van der Waals surface area contributed by atoms with Crippen molar-refractivity contribution >= 4 is 17.4 Å². The van der Waals surface area contributed by atoms with Gasteiger partial charge in [0.1, 0.15) is 5.54 Å². The van der Waals surface area contributed by atoms with E-state index in [0.29, 0.717) is 0 Å². The second-order valence-electron chi connectivity index (χ2n) is 11.6. The number of halogens is 1. The molecule has 1 atom stereocenters. The Morgan fingerprint density at radius 3 is 1.48 bits per heavy atom. The lowest BCUT2D eigenvalue weighted by atomic mass is 9.35. The second-order valence-corrected chi connectivity index (χ2v) is 12.0. The van der Waals surface area contributed by atoms with Crippen molar-refractivity contribution in [2.45, 2.75) is 88.6 Å². The molecule has 1 fully saturated rings. The first-order valence-corrected chi connectivity index (χ1v) is 11.1. The smallest absolute Gasteiger partial charge is 0.164 e. The molecule has 0 radical (unpaired) electrons. The summed E-state index contributed by atoms with van der Waals surface area (Å²) in [6, 6.07) is 0. The predicted octanol–water partition coefficient (Wildman–Crippen LogP) is 7.02. The maximum absolute atomic E-state index is 14.6. The van der Waals surface area contributed by atoms with Crippen LogP contribution in [0, 0.1) is 49.4 Å². The molecule has 1 aromatic carbocycles. The molecular formula is C26H42ClNO. The van der Waals surface area contributed by atoms with Crippen LogP contribution in [0.5, 0.6) is 0 Å². The minimum Gasteiger partial charge on any atom is -0.297 e. The molecule has 1 saturated carbocycles. The summed E-state index contributed by atoms with van der Waals surface area (Å²) in [5, 5.41) is 0.743. The van der Waals surface area contributed by atoms with Crippen molar-refractivity contribution in [3.05, 3.63) is 32.8 Å². The number of benzene rings is 1. The van der Waals surface area contributed by atoms with Gasteiger partial charge in [0.25, 0.3) is 0 Å². The molecule has 0 saturated heterocycles. The monoisotopic (exact) mass is 419 g/mol. The summed E-state index contributed by atoms with van der Waals surface area (Å²) in [7, 11) is 4.09. The topological polar surface area (TPSA) is 20.3 Å². The molecule has 0 heterocycles. The van der Waals surface area contributed by atoms with Crippen LogP contribution in [-0.2, 0) is 10.3 Å². The minimum absolute atomic E-state index is 0.149. The van der Waals surface area contributed by atoms with Crippen molar-refractivity contribution in [3.8, 4) is 0 Å². The first-order valence-electron chi connectivity index (χ1n) is 10.8. The maximum Gasteiger partial charge on any atom is 0.164 e. The molecule has 1 aliphatic rings. The summed E-state index contributed by atoms with van der Waals surface area (Å²) in [6.45, 7) is 26.5. The first-order chi connectivity index (χ1) is 12.8. The fourth-order valence-electron chi connectivity index (χ4n) is 6.14. The quantitative estimate of drug-likeness (QED) is 0.513. The van der Waals surface area contributed by atoms with Gasteiger partial charge in [0.15, 0.2) is 5.78 Å². The van der Waals surface area contributed by atoms with Crippen molar-refractivity contribution in [3.63, 3.8) is 0 Å². The number of likely N-dealkylation sites (N-methyl/N-ethyl adjacent to an activating group) is 1. The van der Waals surface area contributed by atoms with E-state index >= 15 is 0 Å². The first kappa shape index (κ1) is 24.4. The van der Waals surface area contributed by atoms with Gasteiger partial charge in [0.2, 0.25) is 0 Å². The Morgan fingerprint density at radius 2 is 1.07 bits per heavy atom. The number of nitrogens with zero attached hydrogens (tertiary/aromatic N) is 1. The molecule has 0 aromatic heterocycles. The van der Waals surface area contributed by atoms with Gasteiger partial charge in [-0.3, -0.25) is 9.69 Å². The Balaban J connectivity index is 3.21. The van der Waals surface area contributed by atoms with Gasteiger partial charge in [-0.25, -0.2) is 0 Å². The van der Waals surface area contributed by atoms with E-state index in [9.17, 15) is 4.79 Å². The van der Waals surface area contributed by atoms with E-state index in [1.165, 1.54) is 11.1 Å². The largest absolute Gasteiger partial charge is 0.297 e. The molecular weight excluding hydrogens is 378 g/mol.